The topological polar surface area (TPSA) is 102 Å². The molecule has 1 heterocycles. The molecular formula is C4H6N6S2. The summed E-state index contributed by atoms with van der Waals surface area (Å²) in [7, 11) is 0. The Morgan fingerprint density at radius 2 is 2.42 bits per heavy atom. The molecule has 1 aromatic heterocycles. The van der Waals surface area contributed by atoms with E-state index >= 15 is 0 Å². The normalized spacial score (nSPS) is 10.3. The maximum absolute atomic E-state index is 5.32. The summed E-state index contributed by atoms with van der Waals surface area (Å²) < 4.78 is 0. The Labute approximate surface area is 77.7 Å². The Morgan fingerprint density at radius 1 is 1.67 bits per heavy atom. The van der Waals surface area contributed by atoms with Crippen molar-refractivity contribution in [1.29, 1.82) is 0 Å². The van der Waals surface area contributed by atoms with E-state index < -0.39 is 0 Å². The van der Waals surface area contributed by atoms with Gasteiger partial charge in [0.15, 0.2) is 10.1 Å². The number of anilines is 1. The van der Waals surface area contributed by atoms with Gasteiger partial charge in [-0.3, -0.25) is 5.43 Å². The van der Waals surface area contributed by atoms with Gasteiger partial charge in [-0.2, -0.15) is 5.10 Å². The molecule has 0 fully saturated rings. The van der Waals surface area contributed by atoms with Gasteiger partial charge in [0.1, 0.15) is 0 Å². The van der Waals surface area contributed by atoms with Crippen LogP contribution in [-0.4, -0.2) is 21.5 Å². The molecule has 12 heavy (non-hydrogen) atoms. The maximum Gasteiger partial charge on any atom is 0.203 e. The molecule has 0 atom stereocenters. The minimum atomic E-state index is 0.101. The molecule has 0 saturated heterocycles. The van der Waals surface area contributed by atoms with E-state index in [1.165, 1.54) is 17.6 Å². The van der Waals surface area contributed by atoms with Gasteiger partial charge >= 0.3 is 0 Å². The average Bonchev–Trinajstić information content (AvgIpc) is 2.35. The highest BCUT2D eigenvalue weighted by molar-refractivity contribution is 7.80. The van der Waals surface area contributed by atoms with E-state index in [2.05, 4.69) is 32.9 Å². The number of rotatable bonds is 2. The third-order valence-corrected chi connectivity index (χ3v) is 1.58. The second kappa shape index (κ2) is 3.93. The molecule has 64 valence electrons. The molecule has 0 unspecified atom stereocenters. The van der Waals surface area contributed by atoms with Crippen molar-refractivity contribution in [2.45, 2.75) is 0 Å². The predicted molar refractivity (Wildman–Crippen MR) is 51.8 cm³/mol. The molecule has 1 rings (SSSR count). The van der Waals surface area contributed by atoms with Crippen LogP contribution < -0.4 is 16.9 Å². The lowest BCUT2D eigenvalue weighted by Crippen LogP contribution is -2.23. The van der Waals surface area contributed by atoms with Crippen LogP contribution in [0.25, 0.3) is 0 Å². The highest BCUT2D eigenvalue weighted by Gasteiger charge is 1.95. The Kier molecular flexibility index (Phi) is 2.88. The fourth-order valence-corrected chi connectivity index (χ4v) is 0.985. The van der Waals surface area contributed by atoms with Gasteiger partial charge in [0.05, 0.1) is 6.21 Å². The number of hydrogen-bond donors (Lipinski definition) is 3. The quantitative estimate of drug-likeness (QED) is 0.332. The zero-order valence-corrected chi connectivity index (χ0v) is 7.52. The summed E-state index contributed by atoms with van der Waals surface area (Å²) in [6, 6.07) is 0. The second-order valence-electron chi connectivity index (χ2n) is 1.71. The number of thiocarbonyl (C=S) groups is 1. The van der Waals surface area contributed by atoms with Gasteiger partial charge in [-0.25, -0.2) is 0 Å². The Morgan fingerprint density at radius 3 is 2.92 bits per heavy atom. The smallest absolute Gasteiger partial charge is 0.203 e. The summed E-state index contributed by atoms with van der Waals surface area (Å²) in [4.78, 5) is 0. The molecule has 0 radical (unpaired) electrons. The number of hydrogen-bond acceptors (Lipinski definition) is 6. The SMILES string of the molecule is NC(=S)N/N=C\c1nnc(N)s1. The molecule has 0 aromatic carbocycles. The van der Waals surface area contributed by atoms with Crippen LogP contribution >= 0.6 is 23.6 Å². The first-order chi connectivity index (χ1) is 5.68. The zero-order valence-electron chi connectivity index (χ0n) is 5.89. The molecule has 0 aliphatic heterocycles. The van der Waals surface area contributed by atoms with Crippen molar-refractivity contribution < 1.29 is 0 Å². The monoisotopic (exact) mass is 202 g/mol. The molecule has 1 aromatic rings. The van der Waals surface area contributed by atoms with Crippen LogP contribution in [0.15, 0.2) is 5.10 Å². The van der Waals surface area contributed by atoms with Gasteiger partial charge in [0.25, 0.3) is 0 Å². The number of nitrogens with zero attached hydrogens (tertiary/aromatic N) is 3. The first-order valence-electron chi connectivity index (χ1n) is 2.86. The van der Waals surface area contributed by atoms with Gasteiger partial charge in [-0.05, 0) is 12.2 Å². The van der Waals surface area contributed by atoms with Crippen molar-refractivity contribution in [2.75, 3.05) is 5.73 Å². The molecule has 0 spiro atoms. The second-order valence-corrected chi connectivity index (χ2v) is 3.19. The average molecular weight is 202 g/mol. The van der Waals surface area contributed by atoms with Crippen molar-refractivity contribution in [3.8, 4) is 0 Å². The summed E-state index contributed by atoms with van der Waals surface area (Å²) in [5.41, 5.74) is 12.8. The number of aromatic nitrogens is 2. The van der Waals surface area contributed by atoms with Crippen molar-refractivity contribution in [3.05, 3.63) is 5.01 Å². The number of nitrogens with one attached hydrogen (secondary N) is 1. The summed E-state index contributed by atoms with van der Waals surface area (Å²) in [6.07, 6.45) is 1.44. The fraction of sp³-hybridized carbons (Fsp3) is 0. The van der Waals surface area contributed by atoms with E-state index in [1.54, 1.807) is 0 Å². The molecular weight excluding hydrogens is 196 g/mol. The van der Waals surface area contributed by atoms with E-state index in [0.29, 0.717) is 10.1 Å². The van der Waals surface area contributed by atoms with Gasteiger partial charge in [-0.1, -0.05) is 11.3 Å². The van der Waals surface area contributed by atoms with Gasteiger partial charge in [0, 0.05) is 0 Å². The molecule has 6 nitrogen and oxygen atoms in total. The summed E-state index contributed by atoms with van der Waals surface area (Å²) in [5.74, 6) is 0. The largest absolute Gasteiger partial charge is 0.375 e. The molecule has 0 saturated carbocycles. The highest BCUT2D eigenvalue weighted by Crippen LogP contribution is 2.07. The molecule has 0 aliphatic rings. The predicted octanol–water partition coefficient (Wildman–Crippen LogP) is -0.713. The maximum atomic E-state index is 5.32. The number of nitrogen functional groups attached to an aromatic ring is 1. The zero-order chi connectivity index (χ0) is 8.97. The van der Waals surface area contributed by atoms with Crippen molar-refractivity contribution in [3.63, 3.8) is 0 Å². The lowest BCUT2D eigenvalue weighted by Gasteiger charge is -1.90. The number of hydrazone groups is 1. The molecule has 0 aliphatic carbocycles. The summed E-state index contributed by atoms with van der Waals surface area (Å²) >= 11 is 5.73. The van der Waals surface area contributed by atoms with Crippen LogP contribution in [0.2, 0.25) is 0 Å². The van der Waals surface area contributed by atoms with Gasteiger partial charge < -0.3 is 11.5 Å². The minimum absolute atomic E-state index is 0.101. The van der Waals surface area contributed by atoms with Crippen LogP contribution in [0.5, 0.6) is 0 Å². The molecule has 0 bridgehead atoms. The summed E-state index contributed by atoms with van der Waals surface area (Å²) in [5, 5.41) is 12.0. The van der Waals surface area contributed by atoms with E-state index in [4.69, 9.17) is 11.5 Å². The minimum Gasteiger partial charge on any atom is -0.375 e. The van der Waals surface area contributed by atoms with Crippen LogP contribution in [0.3, 0.4) is 0 Å². The first-order valence-corrected chi connectivity index (χ1v) is 4.08. The van der Waals surface area contributed by atoms with E-state index in [9.17, 15) is 0 Å². The Bertz CT molecular complexity index is 304. The van der Waals surface area contributed by atoms with Gasteiger partial charge in [0.2, 0.25) is 5.13 Å². The van der Waals surface area contributed by atoms with Gasteiger partial charge in [-0.15, -0.1) is 10.2 Å². The first kappa shape index (κ1) is 8.81. The van der Waals surface area contributed by atoms with E-state index in [0.717, 1.165) is 0 Å². The molecule has 0 amide bonds. The van der Waals surface area contributed by atoms with E-state index in [-0.39, 0.29) is 5.11 Å². The van der Waals surface area contributed by atoms with Crippen LogP contribution in [0, 0.1) is 0 Å². The summed E-state index contributed by atoms with van der Waals surface area (Å²) in [6.45, 7) is 0. The van der Waals surface area contributed by atoms with Crippen molar-refractivity contribution in [1.82, 2.24) is 15.6 Å². The molecule has 8 heteroatoms. The van der Waals surface area contributed by atoms with Crippen molar-refractivity contribution in [2.24, 2.45) is 10.8 Å². The standard InChI is InChI=1S/C4H6N6S2/c5-3(11)9-7-1-2-8-10-4(6)12-2/h1H,(H2,6,10)(H3,5,9,11)/b7-1-. The Balaban J connectivity index is 2.52. The van der Waals surface area contributed by atoms with Crippen LogP contribution in [0.4, 0.5) is 5.13 Å². The third kappa shape index (κ3) is 2.76. The lowest BCUT2D eigenvalue weighted by atomic mass is 10.8. The van der Waals surface area contributed by atoms with Crippen LogP contribution in [-0.2, 0) is 0 Å². The fourth-order valence-electron chi connectivity index (χ4n) is 0.450. The highest BCUT2D eigenvalue weighted by atomic mass is 32.1. The lowest BCUT2D eigenvalue weighted by molar-refractivity contribution is 1.03. The third-order valence-electron chi connectivity index (χ3n) is 0.806. The number of nitrogens with two attached hydrogens (primary N) is 2. The molecule has 5 N–H and O–H groups in total. The van der Waals surface area contributed by atoms with Crippen LogP contribution in [0.1, 0.15) is 5.01 Å². The Hall–Kier alpha value is -1.28. The van der Waals surface area contributed by atoms with Crippen molar-refractivity contribution >= 4 is 40.0 Å². The van der Waals surface area contributed by atoms with E-state index in [1.807, 2.05) is 0 Å².